The van der Waals surface area contributed by atoms with Gasteiger partial charge in [-0.1, -0.05) is 13.8 Å². The zero-order valence-electron chi connectivity index (χ0n) is 10.1. The molecule has 2 amide bonds. The molecule has 1 atom stereocenters. The maximum Gasteiger partial charge on any atom is 0.317 e. The lowest BCUT2D eigenvalue weighted by molar-refractivity contribution is -0.139. The number of nitrogens with zero attached hydrogens (tertiary/aromatic N) is 1. The van der Waals surface area contributed by atoms with Crippen molar-refractivity contribution in [3.8, 4) is 0 Å². The Hall–Kier alpha value is -1.26. The highest BCUT2D eigenvalue weighted by Crippen LogP contribution is 2.19. The third kappa shape index (κ3) is 3.40. The maximum atomic E-state index is 11.6. The number of rotatable bonds is 4. The summed E-state index contributed by atoms with van der Waals surface area (Å²) in [7, 11) is 0. The number of carboxylic acid groups (broad SMARTS) is 1. The van der Waals surface area contributed by atoms with E-state index in [1.165, 1.54) is 0 Å². The topological polar surface area (TPSA) is 69.6 Å². The van der Waals surface area contributed by atoms with Gasteiger partial charge in [0.1, 0.15) is 0 Å². The average molecular weight is 228 g/mol. The summed E-state index contributed by atoms with van der Waals surface area (Å²) in [4.78, 5) is 23.7. The van der Waals surface area contributed by atoms with Crippen LogP contribution in [0.3, 0.4) is 0 Å². The number of aliphatic carboxylic acids is 1. The van der Waals surface area contributed by atoms with Crippen molar-refractivity contribution in [2.24, 2.45) is 11.8 Å². The number of likely N-dealkylation sites (tertiary alicyclic amines) is 1. The highest BCUT2D eigenvalue weighted by Gasteiger charge is 2.32. The van der Waals surface area contributed by atoms with Gasteiger partial charge in [-0.15, -0.1) is 0 Å². The van der Waals surface area contributed by atoms with Gasteiger partial charge in [-0.3, -0.25) is 4.79 Å². The summed E-state index contributed by atoms with van der Waals surface area (Å²) in [5, 5.41) is 11.5. The molecule has 5 heteroatoms. The molecule has 1 unspecified atom stereocenters. The first-order chi connectivity index (χ1) is 7.40. The first-order valence-corrected chi connectivity index (χ1v) is 5.67. The minimum absolute atomic E-state index is 0.0807. The molecule has 1 rings (SSSR count). The first kappa shape index (κ1) is 12.8. The highest BCUT2D eigenvalue weighted by atomic mass is 16.4. The maximum absolute atomic E-state index is 11.6. The van der Waals surface area contributed by atoms with E-state index in [0.717, 1.165) is 0 Å². The van der Waals surface area contributed by atoms with Gasteiger partial charge in [0.25, 0.3) is 0 Å². The Bertz CT molecular complexity index is 272. The van der Waals surface area contributed by atoms with Crippen molar-refractivity contribution in [1.29, 1.82) is 0 Å². The lowest BCUT2D eigenvalue weighted by atomic mass is 9.97. The summed E-state index contributed by atoms with van der Waals surface area (Å²) >= 11 is 0. The number of carbonyl (C=O) groups is 2. The van der Waals surface area contributed by atoms with E-state index in [1.54, 1.807) is 4.90 Å². The van der Waals surface area contributed by atoms with Crippen LogP contribution in [0.25, 0.3) is 0 Å². The number of carboxylic acids is 1. The van der Waals surface area contributed by atoms with Crippen molar-refractivity contribution in [3.63, 3.8) is 0 Å². The standard InChI is InChI=1S/C11H20N2O3/c1-7(2)8(3)12-11(16)13-5-9(6-13)4-10(14)15/h7-9H,4-6H2,1-3H3,(H,12,16)(H,14,15). The summed E-state index contributed by atoms with van der Waals surface area (Å²) in [6.45, 7) is 7.19. The molecule has 0 aromatic rings. The molecular formula is C11H20N2O3. The second-order valence-corrected chi connectivity index (χ2v) is 4.85. The second kappa shape index (κ2) is 5.18. The minimum atomic E-state index is -0.791. The van der Waals surface area contributed by atoms with Crippen molar-refractivity contribution in [3.05, 3.63) is 0 Å². The van der Waals surface area contributed by atoms with Gasteiger partial charge in [0.05, 0.1) is 6.42 Å². The van der Waals surface area contributed by atoms with Crippen LogP contribution in [0.4, 0.5) is 4.79 Å². The molecule has 2 N–H and O–H groups in total. The van der Waals surface area contributed by atoms with E-state index >= 15 is 0 Å². The molecular weight excluding hydrogens is 208 g/mol. The number of amides is 2. The molecule has 0 aromatic carbocycles. The Morgan fingerprint density at radius 2 is 1.94 bits per heavy atom. The molecule has 0 spiro atoms. The van der Waals surface area contributed by atoms with Crippen molar-refractivity contribution in [1.82, 2.24) is 10.2 Å². The fourth-order valence-electron chi connectivity index (χ4n) is 1.56. The summed E-state index contributed by atoms with van der Waals surface area (Å²) in [6.07, 6.45) is 0.156. The van der Waals surface area contributed by atoms with Gasteiger partial charge < -0.3 is 15.3 Å². The van der Waals surface area contributed by atoms with Gasteiger partial charge in [-0.2, -0.15) is 0 Å². The molecule has 0 radical (unpaired) electrons. The van der Waals surface area contributed by atoms with Crippen LogP contribution < -0.4 is 5.32 Å². The lowest BCUT2D eigenvalue weighted by Gasteiger charge is -2.39. The quantitative estimate of drug-likeness (QED) is 0.758. The molecule has 5 nitrogen and oxygen atoms in total. The fourth-order valence-corrected chi connectivity index (χ4v) is 1.56. The third-order valence-corrected chi connectivity index (χ3v) is 3.06. The van der Waals surface area contributed by atoms with Gasteiger partial charge in [-0.25, -0.2) is 4.79 Å². The molecule has 1 aliphatic rings. The van der Waals surface area contributed by atoms with Crippen molar-refractivity contribution < 1.29 is 14.7 Å². The molecule has 0 bridgehead atoms. The van der Waals surface area contributed by atoms with E-state index < -0.39 is 5.97 Å². The fraction of sp³-hybridized carbons (Fsp3) is 0.818. The van der Waals surface area contributed by atoms with Crippen LogP contribution in [0.15, 0.2) is 0 Å². The van der Waals surface area contributed by atoms with Crippen LogP contribution in [-0.2, 0) is 4.79 Å². The van der Waals surface area contributed by atoms with E-state index in [0.29, 0.717) is 19.0 Å². The summed E-state index contributed by atoms with van der Waals surface area (Å²) in [6, 6.07) is 0.0638. The monoisotopic (exact) mass is 228 g/mol. The number of nitrogens with one attached hydrogen (secondary N) is 1. The molecule has 0 aliphatic carbocycles. The molecule has 0 saturated carbocycles. The lowest BCUT2D eigenvalue weighted by Crippen LogP contribution is -2.56. The summed E-state index contributed by atoms with van der Waals surface area (Å²) in [5.41, 5.74) is 0. The molecule has 1 heterocycles. The van der Waals surface area contributed by atoms with Crippen LogP contribution >= 0.6 is 0 Å². The van der Waals surface area contributed by atoms with E-state index in [9.17, 15) is 9.59 Å². The molecule has 1 saturated heterocycles. The normalized spacial score (nSPS) is 18.1. The van der Waals surface area contributed by atoms with Gasteiger partial charge >= 0.3 is 12.0 Å². The summed E-state index contributed by atoms with van der Waals surface area (Å²) in [5.74, 6) is -0.266. The Balaban J connectivity index is 2.24. The van der Waals surface area contributed by atoms with Crippen molar-refractivity contribution in [2.45, 2.75) is 33.2 Å². The third-order valence-electron chi connectivity index (χ3n) is 3.06. The van der Waals surface area contributed by atoms with Gasteiger partial charge in [-0.05, 0) is 12.8 Å². The van der Waals surface area contributed by atoms with Gasteiger partial charge in [0, 0.05) is 25.0 Å². The molecule has 1 fully saturated rings. The molecule has 92 valence electrons. The SMILES string of the molecule is CC(C)C(C)NC(=O)N1CC(CC(=O)O)C1. The number of hydrogen-bond donors (Lipinski definition) is 2. The minimum Gasteiger partial charge on any atom is -0.481 e. The smallest absolute Gasteiger partial charge is 0.317 e. The van der Waals surface area contributed by atoms with E-state index in [1.807, 2.05) is 20.8 Å². The van der Waals surface area contributed by atoms with Crippen LogP contribution in [0.5, 0.6) is 0 Å². The predicted molar refractivity (Wildman–Crippen MR) is 60.1 cm³/mol. The molecule has 16 heavy (non-hydrogen) atoms. The zero-order chi connectivity index (χ0) is 12.3. The molecule has 1 aliphatic heterocycles. The van der Waals surface area contributed by atoms with Crippen LogP contribution in [0, 0.1) is 11.8 Å². The van der Waals surface area contributed by atoms with E-state index in [2.05, 4.69) is 5.32 Å². The van der Waals surface area contributed by atoms with Crippen LogP contribution in [0.1, 0.15) is 27.2 Å². The second-order valence-electron chi connectivity index (χ2n) is 4.85. The first-order valence-electron chi connectivity index (χ1n) is 5.67. The Morgan fingerprint density at radius 1 is 1.38 bits per heavy atom. The van der Waals surface area contributed by atoms with E-state index in [-0.39, 0.29) is 24.4 Å². The predicted octanol–water partition coefficient (Wildman–Crippen LogP) is 1.15. The average Bonchev–Trinajstić information content (AvgIpc) is 2.09. The Morgan fingerprint density at radius 3 is 2.38 bits per heavy atom. The number of carbonyl (C=O) groups excluding carboxylic acids is 1. The molecule has 0 aromatic heterocycles. The highest BCUT2D eigenvalue weighted by molar-refractivity contribution is 5.76. The van der Waals surface area contributed by atoms with Gasteiger partial charge in [0.2, 0.25) is 0 Å². The number of urea groups is 1. The van der Waals surface area contributed by atoms with Gasteiger partial charge in [0.15, 0.2) is 0 Å². The van der Waals surface area contributed by atoms with Crippen molar-refractivity contribution in [2.75, 3.05) is 13.1 Å². The van der Waals surface area contributed by atoms with Crippen LogP contribution in [-0.4, -0.2) is 41.1 Å². The summed E-state index contributed by atoms with van der Waals surface area (Å²) < 4.78 is 0. The largest absolute Gasteiger partial charge is 0.481 e. The zero-order valence-corrected chi connectivity index (χ0v) is 10.1. The van der Waals surface area contributed by atoms with E-state index in [4.69, 9.17) is 5.11 Å². The van der Waals surface area contributed by atoms with Crippen molar-refractivity contribution >= 4 is 12.0 Å². The Labute approximate surface area is 95.8 Å². The number of hydrogen-bond acceptors (Lipinski definition) is 2. The Kier molecular flexibility index (Phi) is 4.15. The van der Waals surface area contributed by atoms with Crippen LogP contribution in [0.2, 0.25) is 0 Å².